The van der Waals surface area contributed by atoms with Crippen molar-refractivity contribution in [1.29, 1.82) is 0 Å². The van der Waals surface area contributed by atoms with E-state index in [0.717, 1.165) is 0 Å². The fraction of sp³-hybridized carbons (Fsp3) is 0.143. The number of hydrogen-bond acceptors (Lipinski definition) is 1. The summed E-state index contributed by atoms with van der Waals surface area (Å²) in [6.07, 6.45) is 4.57. The van der Waals surface area contributed by atoms with Crippen molar-refractivity contribution in [3.8, 4) is 0 Å². The lowest BCUT2D eigenvalue weighted by Gasteiger charge is -2.34. The largest absolute Gasteiger partial charge is 0.141 e. The first-order valence-electron chi connectivity index (χ1n) is 5.21. The summed E-state index contributed by atoms with van der Waals surface area (Å²) in [5, 5.41) is 0. The first-order chi connectivity index (χ1) is 7.77. The van der Waals surface area contributed by atoms with Crippen LogP contribution in [0.3, 0.4) is 0 Å². The highest BCUT2D eigenvalue weighted by molar-refractivity contribution is 8.93. The van der Waals surface area contributed by atoms with Gasteiger partial charge in [0.05, 0.1) is 0 Å². The quantitative estimate of drug-likeness (QED) is 0.702. The molecule has 0 spiro atoms. The van der Waals surface area contributed by atoms with E-state index in [-0.39, 0.29) is 0 Å². The molecule has 0 aliphatic rings. The summed E-state index contributed by atoms with van der Waals surface area (Å²) in [5.41, 5.74) is 0. The number of hydrogen-bond donors (Lipinski definition) is 0. The topological polar surface area (TPSA) is 0 Å². The Morgan fingerprint density at radius 3 is 1.44 bits per heavy atom. The van der Waals surface area contributed by atoms with E-state index in [1.807, 2.05) is 10.8 Å². The van der Waals surface area contributed by atoms with Crippen molar-refractivity contribution < 1.29 is 0 Å². The normalized spacial score (nSPS) is 12.4. The molecule has 0 aliphatic carbocycles. The number of benzene rings is 2. The molecule has 0 unspecified atom stereocenters. The molecule has 0 heterocycles. The minimum absolute atomic E-state index is 0.918. The molecular formula is C14H16S2. The molecule has 0 N–H and O–H groups in total. The van der Waals surface area contributed by atoms with Gasteiger partial charge in [-0.1, -0.05) is 36.4 Å². The van der Waals surface area contributed by atoms with Crippen LogP contribution in [0.25, 0.3) is 0 Å². The highest BCUT2D eigenvalue weighted by atomic mass is 33.2. The summed E-state index contributed by atoms with van der Waals surface area (Å²) in [6.45, 7) is 0. The third-order valence-electron chi connectivity index (χ3n) is 2.72. The summed E-state index contributed by atoms with van der Waals surface area (Å²) in [4.78, 5) is 2.88. The Labute approximate surface area is 103 Å². The second kappa shape index (κ2) is 4.98. The number of rotatable bonds is 3. The van der Waals surface area contributed by atoms with Crippen molar-refractivity contribution in [2.24, 2.45) is 0 Å². The lowest BCUT2D eigenvalue weighted by molar-refractivity contribution is 1.38. The lowest BCUT2D eigenvalue weighted by Crippen LogP contribution is -1.94. The van der Waals surface area contributed by atoms with E-state index in [0.29, 0.717) is 0 Å². The second-order valence-corrected chi connectivity index (χ2v) is 9.60. The van der Waals surface area contributed by atoms with Gasteiger partial charge in [-0.3, -0.25) is 0 Å². The molecule has 2 rings (SSSR count). The minimum atomic E-state index is -0.918. The van der Waals surface area contributed by atoms with Crippen molar-refractivity contribution >= 4 is 19.9 Å². The SMILES string of the molecule is CSS(C)(c1ccccc1)c1ccccc1. The van der Waals surface area contributed by atoms with Crippen LogP contribution in [0.5, 0.6) is 0 Å². The van der Waals surface area contributed by atoms with E-state index < -0.39 is 9.06 Å². The first kappa shape index (κ1) is 11.6. The van der Waals surface area contributed by atoms with E-state index in [2.05, 4.69) is 73.2 Å². The summed E-state index contributed by atoms with van der Waals surface area (Å²) < 4.78 is 0. The first-order valence-corrected chi connectivity index (χ1v) is 9.00. The summed E-state index contributed by atoms with van der Waals surface area (Å²) in [6, 6.07) is 21.6. The van der Waals surface area contributed by atoms with Crippen LogP contribution in [0.1, 0.15) is 0 Å². The van der Waals surface area contributed by atoms with E-state index >= 15 is 0 Å². The smallest absolute Gasteiger partial charge is 0.00272 e. The summed E-state index contributed by atoms with van der Waals surface area (Å²) >= 11 is 0. The molecule has 0 fully saturated rings. The molecule has 16 heavy (non-hydrogen) atoms. The Morgan fingerprint density at radius 2 is 1.12 bits per heavy atom. The highest BCUT2D eigenvalue weighted by Crippen LogP contribution is 2.67. The van der Waals surface area contributed by atoms with Gasteiger partial charge in [0.25, 0.3) is 0 Å². The Morgan fingerprint density at radius 1 is 0.750 bits per heavy atom. The standard InChI is InChI=1S/C14H16S2/c1-15-16(2,13-9-5-3-6-10-13)14-11-7-4-8-12-14/h3-12H,1-2H3. The molecule has 0 saturated heterocycles. The maximum Gasteiger partial charge on any atom is 0.00272 e. The Bertz CT molecular complexity index is 397. The van der Waals surface area contributed by atoms with Crippen molar-refractivity contribution in [3.05, 3.63) is 60.7 Å². The molecule has 2 aromatic rings. The van der Waals surface area contributed by atoms with Gasteiger partial charge < -0.3 is 0 Å². The predicted octanol–water partition coefficient (Wildman–Crippen LogP) is 4.82. The van der Waals surface area contributed by atoms with Crippen LogP contribution < -0.4 is 0 Å². The fourth-order valence-electron chi connectivity index (χ4n) is 1.69. The van der Waals surface area contributed by atoms with Crippen molar-refractivity contribution in [3.63, 3.8) is 0 Å². The molecule has 0 aromatic heterocycles. The fourth-order valence-corrected chi connectivity index (χ4v) is 5.52. The molecule has 2 aromatic carbocycles. The third-order valence-corrected chi connectivity index (χ3v) is 8.88. The molecule has 0 amide bonds. The minimum Gasteiger partial charge on any atom is -0.141 e. The van der Waals surface area contributed by atoms with Gasteiger partial charge in [0, 0.05) is 9.79 Å². The van der Waals surface area contributed by atoms with Gasteiger partial charge in [-0.05, 0) is 36.8 Å². The Balaban J connectivity index is 2.49. The monoisotopic (exact) mass is 248 g/mol. The Hall–Kier alpha value is -0.860. The van der Waals surface area contributed by atoms with Gasteiger partial charge in [-0.15, -0.1) is 19.9 Å². The molecule has 84 valence electrons. The van der Waals surface area contributed by atoms with Crippen molar-refractivity contribution in [2.75, 3.05) is 12.5 Å². The van der Waals surface area contributed by atoms with Crippen molar-refractivity contribution in [1.82, 2.24) is 0 Å². The zero-order chi connectivity index (χ0) is 11.4. The maximum atomic E-state index is 2.36. The van der Waals surface area contributed by atoms with Gasteiger partial charge in [-0.2, -0.15) is 0 Å². The molecule has 0 saturated carbocycles. The summed E-state index contributed by atoms with van der Waals surface area (Å²) in [7, 11) is 1.04. The van der Waals surface area contributed by atoms with Crippen LogP contribution in [0.2, 0.25) is 0 Å². The molecule has 0 atom stereocenters. The van der Waals surface area contributed by atoms with Gasteiger partial charge >= 0.3 is 0 Å². The molecule has 0 bridgehead atoms. The van der Waals surface area contributed by atoms with Crippen LogP contribution >= 0.6 is 19.9 Å². The molecule has 2 heteroatoms. The third kappa shape index (κ3) is 2.13. The molecule has 0 radical (unpaired) electrons. The lowest BCUT2D eigenvalue weighted by atomic mass is 10.4. The summed E-state index contributed by atoms with van der Waals surface area (Å²) in [5.74, 6) is 0. The van der Waals surface area contributed by atoms with Crippen LogP contribution in [-0.2, 0) is 0 Å². The second-order valence-electron chi connectivity index (χ2n) is 3.64. The van der Waals surface area contributed by atoms with E-state index in [1.165, 1.54) is 9.79 Å². The molecular weight excluding hydrogens is 232 g/mol. The average Bonchev–Trinajstić information content (AvgIpc) is 2.40. The van der Waals surface area contributed by atoms with Gasteiger partial charge in [0.2, 0.25) is 0 Å². The zero-order valence-electron chi connectivity index (χ0n) is 9.59. The van der Waals surface area contributed by atoms with Gasteiger partial charge in [0.15, 0.2) is 0 Å². The van der Waals surface area contributed by atoms with E-state index in [1.54, 1.807) is 0 Å². The average molecular weight is 248 g/mol. The molecule has 0 nitrogen and oxygen atoms in total. The van der Waals surface area contributed by atoms with Crippen LogP contribution in [0, 0.1) is 0 Å². The van der Waals surface area contributed by atoms with Crippen LogP contribution in [0.4, 0.5) is 0 Å². The van der Waals surface area contributed by atoms with Crippen LogP contribution in [-0.4, -0.2) is 12.5 Å². The van der Waals surface area contributed by atoms with Gasteiger partial charge in [-0.25, -0.2) is 0 Å². The zero-order valence-corrected chi connectivity index (χ0v) is 11.2. The van der Waals surface area contributed by atoms with Gasteiger partial charge in [0.1, 0.15) is 0 Å². The predicted molar refractivity (Wildman–Crippen MR) is 76.4 cm³/mol. The van der Waals surface area contributed by atoms with Crippen molar-refractivity contribution in [2.45, 2.75) is 9.79 Å². The molecule has 0 aliphatic heterocycles. The van der Waals surface area contributed by atoms with E-state index in [9.17, 15) is 0 Å². The maximum absolute atomic E-state index is 2.36. The van der Waals surface area contributed by atoms with Crippen LogP contribution in [0.15, 0.2) is 70.5 Å². The Kier molecular flexibility index (Phi) is 3.62. The van der Waals surface area contributed by atoms with E-state index in [4.69, 9.17) is 0 Å². The highest BCUT2D eigenvalue weighted by Gasteiger charge is 2.21.